The topological polar surface area (TPSA) is 79.8 Å². The number of rotatable bonds is 4. The van der Waals surface area contributed by atoms with Crippen LogP contribution in [0.3, 0.4) is 0 Å². The van der Waals surface area contributed by atoms with E-state index in [0.29, 0.717) is 5.75 Å². The zero-order valence-electron chi connectivity index (χ0n) is 12.8. The number of amides is 2. The van der Waals surface area contributed by atoms with Crippen LogP contribution in [0.5, 0.6) is 5.75 Å². The van der Waals surface area contributed by atoms with E-state index in [1.165, 1.54) is 18.3 Å². The number of hydrazone groups is 1. The Kier molecular flexibility index (Phi) is 6.64. The van der Waals surface area contributed by atoms with E-state index in [0.717, 1.165) is 5.56 Å². The Balaban J connectivity index is 1.93. The van der Waals surface area contributed by atoms with Crippen LogP contribution in [0.25, 0.3) is 0 Å². The summed E-state index contributed by atoms with van der Waals surface area (Å²) in [6.45, 7) is 0. The first kappa shape index (κ1) is 19.1. The fourth-order valence-electron chi connectivity index (χ4n) is 1.72. The molecule has 0 aliphatic heterocycles. The lowest BCUT2D eigenvalue weighted by Crippen LogP contribution is -2.32. The van der Waals surface area contributed by atoms with Gasteiger partial charge >= 0.3 is 11.8 Å². The molecule has 0 aliphatic rings. The van der Waals surface area contributed by atoms with Crippen LogP contribution >= 0.6 is 34.8 Å². The van der Waals surface area contributed by atoms with Crippen molar-refractivity contribution in [2.24, 2.45) is 5.10 Å². The first-order valence-corrected chi connectivity index (χ1v) is 7.97. The number of methoxy groups -OCH3 is 1. The van der Waals surface area contributed by atoms with E-state index in [1.54, 1.807) is 31.4 Å². The summed E-state index contributed by atoms with van der Waals surface area (Å²) in [5.74, 6) is -1.19. The number of nitrogens with one attached hydrogen (secondary N) is 2. The molecule has 25 heavy (non-hydrogen) atoms. The number of ether oxygens (including phenoxy) is 1. The highest BCUT2D eigenvalue weighted by atomic mass is 35.5. The highest BCUT2D eigenvalue weighted by Crippen LogP contribution is 2.33. The van der Waals surface area contributed by atoms with Crippen molar-refractivity contribution in [1.29, 1.82) is 0 Å². The molecular weight excluding hydrogens is 389 g/mol. The van der Waals surface area contributed by atoms with Gasteiger partial charge in [-0.05, 0) is 42.0 Å². The van der Waals surface area contributed by atoms with E-state index in [-0.39, 0.29) is 20.8 Å². The van der Waals surface area contributed by atoms with Gasteiger partial charge in [0, 0.05) is 5.69 Å². The van der Waals surface area contributed by atoms with Crippen molar-refractivity contribution in [2.45, 2.75) is 0 Å². The van der Waals surface area contributed by atoms with Gasteiger partial charge in [-0.2, -0.15) is 5.10 Å². The highest BCUT2D eigenvalue weighted by Gasteiger charge is 2.14. The summed E-state index contributed by atoms with van der Waals surface area (Å²) in [6, 6.07) is 9.72. The van der Waals surface area contributed by atoms with Crippen LogP contribution in [0, 0.1) is 0 Å². The minimum Gasteiger partial charge on any atom is -0.497 e. The van der Waals surface area contributed by atoms with Crippen LogP contribution in [-0.4, -0.2) is 25.1 Å². The standard InChI is InChI=1S/C16H12Cl3N3O3/c1-25-11-4-2-9(3-5-11)8-20-22-16(24)15(23)21-10-6-12(17)14(19)13(18)7-10/h2-8H,1H3,(H,21,23)(H,22,24)/b20-8+. The highest BCUT2D eigenvalue weighted by molar-refractivity contribution is 6.48. The largest absolute Gasteiger partial charge is 0.497 e. The van der Waals surface area contributed by atoms with Gasteiger partial charge in [0.15, 0.2) is 0 Å². The van der Waals surface area contributed by atoms with Gasteiger partial charge in [-0.15, -0.1) is 0 Å². The molecule has 2 rings (SSSR count). The number of hydrogen-bond donors (Lipinski definition) is 2. The van der Waals surface area contributed by atoms with Gasteiger partial charge in [-0.1, -0.05) is 34.8 Å². The van der Waals surface area contributed by atoms with Gasteiger partial charge in [0.1, 0.15) is 5.75 Å². The Labute approximate surface area is 158 Å². The Morgan fingerprint density at radius 3 is 2.20 bits per heavy atom. The van der Waals surface area contributed by atoms with Crippen molar-refractivity contribution in [3.8, 4) is 5.75 Å². The minimum atomic E-state index is -0.952. The molecule has 2 N–H and O–H groups in total. The molecule has 9 heteroatoms. The molecule has 130 valence electrons. The molecule has 0 unspecified atom stereocenters. The fourth-order valence-corrected chi connectivity index (χ4v) is 2.32. The molecule has 2 aromatic rings. The number of anilines is 1. The summed E-state index contributed by atoms with van der Waals surface area (Å²) < 4.78 is 5.03. The summed E-state index contributed by atoms with van der Waals surface area (Å²) >= 11 is 17.5. The van der Waals surface area contributed by atoms with Crippen LogP contribution in [0.15, 0.2) is 41.5 Å². The normalized spacial score (nSPS) is 10.6. The van der Waals surface area contributed by atoms with Crippen LogP contribution < -0.4 is 15.5 Å². The van der Waals surface area contributed by atoms with Gasteiger partial charge in [-0.25, -0.2) is 5.43 Å². The number of carbonyl (C=O) groups excluding carboxylic acids is 2. The molecule has 2 amide bonds. The Hall–Kier alpha value is -2.28. The Morgan fingerprint density at radius 2 is 1.64 bits per heavy atom. The second kappa shape index (κ2) is 8.71. The zero-order valence-corrected chi connectivity index (χ0v) is 15.1. The fraction of sp³-hybridized carbons (Fsp3) is 0.0625. The molecule has 0 fully saturated rings. The number of nitrogens with zero attached hydrogens (tertiary/aromatic N) is 1. The molecular formula is C16H12Cl3N3O3. The minimum absolute atomic E-state index is 0.155. The van der Waals surface area contributed by atoms with Gasteiger partial charge in [0.05, 0.1) is 28.4 Å². The van der Waals surface area contributed by atoms with Crippen molar-refractivity contribution >= 4 is 58.5 Å². The first-order chi connectivity index (χ1) is 11.9. The van der Waals surface area contributed by atoms with Gasteiger partial charge in [-0.3, -0.25) is 9.59 Å². The van der Waals surface area contributed by atoms with Crippen molar-refractivity contribution in [2.75, 3.05) is 12.4 Å². The van der Waals surface area contributed by atoms with Gasteiger partial charge < -0.3 is 10.1 Å². The summed E-state index contributed by atoms with van der Waals surface area (Å²) in [7, 11) is 1.56. The maximum Gasteiger partial charge on any atom is 0.329 e. The summed E-state index contributed by atoms with van der Waals surface area (Å²) in [4.78, 5) is 23.5. The quantitative estimate of drug-likeness (QED) is 0.355. The number of hydrogen-bond acceptors (Lipinski definition) is 4. The predicted molar refractivity (Wildman–Crippen MR) is 98.8 cm³/mol. The Bertz CT molecular complexity index is 800. The monoisotopic (exact) mass is 399 g/mol. The number of carbonyl (C=O) groups is 2. The smallest absolute Gasteiger partial charge is 0.329 e. The maximum atomic E-state index is 11.8. The zero-order chi connectivity index (χ0) is 18.4. The SMILES string of the molecule is COc1ccc(/C=N/NC(=O)C(=O)Nc2cc(Cl)c(Cl)c(Cl)c2)cc1. The Morgan fingerprint density at radius 1 is 1.04 bits per heavy atom. The van der Waals surface area contributed by atoms with E-state index in [2.05, 4.69) is 15.8 Å². The maximum absolute atomic E-state index is 11.8. The molecule has 2 aromatic carbocycles. The molecule has 0 aromatic heterocycles. The van der Waals surface area contributed by atoms with E-state index in [1.807, 2.05) is 0 Å². The molecule has 0 atom stereocenters. The molecule has 0 aliphatic carbocycles. The first-order valence-electron chi connectivity index (χ1n) is 6.83. The van der Waals surface area contributed by atoms with Gasteiger partial charge in [0.25, 0.3) is 0 Å². The lowest BCUT2D eigenvalue weighted by molar-refractivity contribution is -0.136. The average molecular weight is 401 g/mol. The molecule has 0 spiro atoms. The molecule has 0 heterocycles. The molecule has 6 nitrogen and oxygen atoms in total. The van der Waals surface area contributed by atoms with E-state index < -0.39 is 11.8 Å². The summed E-state index contributed by atoms with van der Waals surface area (Å²) in [6.07, 6.45) is 1.39. The average Bonchev–Trinajstić information content (AvgIpc) is 2.60. The van der Waals surface area contributed by atoms with E-state index >= 15 is 0 Å². The third-order valence-corrected chi connectivity index (χ3v) is 4.14. The van der Waals surface area contributed by atoms with Crippen molar-refractivity contribution < 1.29 is 14.3 Å². The molecule has 0 saturated heterocycles. The molecule has 0 bridgehead atoms. The van der Waals surface area contributed by atoms with E-state index in [9.17, 15) is 9.59 Å². The van der Waals surface area contributed by atoms with Crippen molar-refractivity contribution in [3.63, 3.8) is 0 Å². The number of halogens is 3. The lowest BCUT2D eigenvalue weighted by Gasteiger charge is -2.06. The van der Waals surface area contributed by atoms with Crippen LogP contribution in [0.2, 0.25) is 15.1 Å². The third kappa shape index (κ3) is 5.35. The number of benzene rings is 2. The van der Waals surface area contributed by atoms with E-state index in [4.69, 9.17) is 39.5 Å². The van der Waals surface area contributed by atoms with Crippen LogP contribution in [0.4, 0.5) is 5.69 Å². The van der Waals surface area contributed by atoms with Crippen molar-refractivity contribution in [3.05, 3.63) is 57.0 Å². The summed E-state index contributed by atoms with van der Waals surface area (Å²) in [5, 5.41) is 6.53. The molecule has 0 radical (unpaired) electrons. The summed E-state index contributed by atoms with van der Waals surface area (Å²) in [5.41, 5.74) is 3.07. The third-order valence-electron chi connectivity index (χ3n) is 2.94. The van der Waals surface area contributed by atoms with Crippen molar-refractivity contribution in [1.82, 2.24) is 5.43 Å². The molecule has 0 saturated carbocycles. The second-order valence-electron chi connectivity index (χ2n) is 4.68. The van der Waals surface area contributed by atoms with Gasteiger partial charge in [0.2, 0.25) is 0 Å². The van der Waals surface area contributed by atoms with Crippen LogP contribution in [0.1, 0.15) is 5.56 Å². The second-order valence-corrected chi connectivity index (χ2v) is 5.87. The predicted octanol–water partition coefficient (Wildman–Crippen LogP) is 3.74. The van der Waals surface area contributed by atoms with Crippen LogP contribution in [-0.2, 0) is 9.59 Å². The lowest BCUT2D eigenvalue weighted by atomic mass is 10.2.